The van der Waals surface area contributed by atoms with E-state index < -0.39 is 30.8 Å². The van der Waals surface area contributed by atoms with E-state index in [1.807, 2.05) is 0 Å². The molecule has 0 spiro atoms. The molecule has 0 aliphatic heterocycles. The molecule has 0 bridgehead atoms. The second kappa shape index (κ2) is 33.6. The van der Waals surface area contributed by atoms with Crippen molar-refractivity contribution in [1.82, 2.24) is 31.5 Å². The average molecular weight is 769 g/mol. The molecule has 0 radical (unpaired) electrons. The summed E-state index contributed by atoms with van der Waals surface area (Å²) in [7, 11) is 3.11. The van der Waals surface area contributed by atoms with E-state index in [4.69, 9.17) is 37.9 Å². The van der Waals surface area contributed by atoms with Gasteiger partial charge in [0.05, 0.1) is 31.7 Å². The Hall–Kier alpha value is -2.27. The van der Waals surface area contributed by atoms with Crippen molar-refractivity contribution in [2.75, 3.05) is 96.7 Å². The summed E-state index contributed by atoms with van der Waals surface area (Å²) in [6.07, 6.45) is 3.06. The Morgan fingerprint density at radius 3 is 1.71 bits per heavy atom. The lowest BCUT2D eigenvalue weighted by Gasteiger charge is -2.24. The molecule has 4 amide bonds. The zero-order chi connectivity index (χ0) is 38.1. The third kappa shape index (κ3) is 29.9. The minimum Gasteiger partial charge on any atom is -0.463 e. The van der Waals surface area contributed by atoms with Gasteiger partial charge in [-0.15, -0.1) is 0 Å². The zero-order valence-corrected chi connectivity index (χ0v) is 31.5. The van der Waals surface area contributed by atoms with Gasteiger partial charge in [0.1, 0.15) is 12.7 Å². The molecule has 0 aromatic heterocycles. The highest BCUT2D eigenvalue weighted by molar-refractivity contribution is 8.76. The highest BCUT2D eigenvalue weighted by atomic mass is 33.1. The molecule has 0 heterocycles. The van der Waals surface area contributed by atoms with Crippen molar-refractivity contribution in [3.63, 3.8) is 0 Å². The first-order valence-corrected chi connectivity index (χ1v) is 20.1. The van der Waals surface area contributed by atoms with Gasteiger partial charge in [0.25, 0.3) is 0 Å². The first-order chi connectivity index (χ1) is 24.5. The Balaban J connectivity index is 4.27. The number of carbonyl (C=O) groups is 5. The molecule has 0 aromatic rings. The zero-order valence-electron chi connectivity index (χ0n) is 29.9. The summed E-state index contributed by atoms with van der Waals surface area (Å²) in [6, 6.07) is -1.18. The predicted molar refractivity (Wildman–Crippen MR) is 201 cm³/mol. The van der Waals surface area contributed by atoms with Crippen LogP contribution in [-0.4, -0.2) is 160 Å². The number of ether oxygens (including phenoxy) is 1. The molecular formula is C31H64N10O8S2. The van der Waals surface area contributed by atoms with Gasteiger partial charge in [-0.25, -0.2) is 0 Å². The number of amides is 4. The molecular weight excluding hydrogens is 705 g/mol. The Kier molecular flexibility index (Phi) is 32.1. The lowest BCUT2D eigenvalue weighted by molar-refractivity contribution is -0.148. The minimum atomic E-state index is -1.13. The van der Waals surface area contributed by atoms with Crippen LogP contribution < -0.4 is 49.5 Å². The van der Waals surface area contributed by atoms with Crippen LogP contribution in [0.5, 0.6) is 0 Å². The highest BCUT2D eigenvalue weighted by Crippen LogP contribution is 2.19. The van der Waals surface area contributed by atoms with Crippen LogP contribution in [0.25, 0.3) is 0 Å². The van der Waals surface area contributed by atoms with Crippen molar-refractivity contribution < 1.29 is 38.9 Å². The number of aliphatic hydroxyl groups excluding tert-OH is 2. The molecule has 51 heavy (non-hydrogen) atoms. The molecule has 15 N–H and O–H groups in total. The minimum absolute atomic E-state index is 0.0305. The lowest BCUT2D eigenvalue weighted by atomic mass is 10.1. The van der Waals surface area contributed by atoms with Crippen LogP contribution in [0.1, 0.15) is 51.4 Å². The number of hydrogen-bond acceptors (Lipinski definition) is 16. The fourth-order valence-electron chi connectivity index (χ4n) is 4.25. The topological polar surface area (TPSA) is 303 Å². The SMILES string of the molecule is NCCCCC(N)C(=O)NCCN(CCNCC(=O)NCCSSCCNC(=O)CCC(=O)OCC(O)CO)CCNC(=O)C(N)CCCCN. The maximum atomic E-state index is 12.4. The normalized spacial score (nSPS) is 12.9. The number of esters is 1. The fourth-order valence-corrected chi connectivity index (χ4v) is 6.07. The summed E-state index contributed by atoms with van der Waals surface area (Å²) < 4.78 is 4.75. The maximum absolute atomic E-state index is 12.4. The van der Waals surface area contributed by atoms with E-state index in [1.54, 1.807) is 21.6 Å². The van der Waals surface area contributed by atoms with Crippen LogP contribution in [0.3, 0.4) is 0 Å². The van der Waals surface area contributed by atoms with E-state index in [0.29, 0.717) is 89.8 Å². The number of rotatable bonds is 34. The molecule has 0 rings (SSSR count). The van der Waals surface area contributed by atoms with Gasteiger partial charge in [-0.3, -0.25) is 28.9 Å². The molecule has 20 heteroatoms. The quantitative estimate of drug-likeness (QED) is 0.0171. The largest absolute Gasteiger partial charge is 0.463 e. The summed E-state index contributed by atoms with van der Waals surface area (Å²) in [5, 5.41) is 32.3. The van der Waals surface area contributed by atoms with Crippen molar-refractivity contribution in [2.45, 2.75) is 69.6 Å². The van der Waals surface area contributed by atoms with E-state index in [0.717, 1.165) is 25.7 Å². The van der Waals surface area contributed by atoms with E-state index in [1.165, 1.54) is 0 Å². The summed E-state index contributed by atoms with van der Waals surface area (Å²) >= 11 is 0. The number of nitrogens with two attached hydrogens (primary N) is 4. The summed E-state index contributed by atoms with van der Waals surface area (Å²) in [4.78, 5) is 62.4. The van der Waals surface area contributed by atoms with Gasteiger partial charge >= 0.3 is 5.97 Å². The second-order valence-corrected chi connectivity index (χ2v) is 14.4. The molecule has 298 valence electrons. The van der Waals surface area contributed by atoms with Crippen molar-refractivity contribution in [3.05, 3.63) is 0 Å². The maximum Gasteiger partial charge on any atom is 0.306 e. The van der Waals surface area contributed by atoms with Gasteiger partial charge in [0, 0.05) is 70.3 Å². The van der Waals surface area contributed by atoms with Crippen molar-refractivity contribution in [1.29, 1.82) is 0 Å². The number of aliphatic hydroxyl groups is 2. The first kappa shape index (κ1) is 48.7. The van der Waals surface area contributed by atoms with E-state index in [9.17, 15) is 24.0 Å². The Bertz CT molecular complexity index is 926. The standard InChI is InChI=1S/C31H64N10O8S2/c32-9-3-1-5-25(34)30(47)39-12-17-41(18-13-40-31(48)26(35)6-2-4-10-33)16-11-36-21-28(45)38-15-20-51-50-19-14-37-27(44)7-8-29(46)49-23-24(43)22-42/h24-26,36,42-43H,1-23,32-35H2,(H,37,44)(H,38,45)(H,39,47)(H,40,48). The molecule has 0 saturated heterocycles. The monoisotopic (exact) mass is 768 g/mol. The molecule has 0 aromatic carbocycles. The lowest BCUT2D eigenvalue weighted by Crippen LogP contribution is -2.47. The van der Waals surface area contributed by atoms with Crippen LogP contribution >= 0.6 is 21.6 Å². The predicted octanol–water partition coefficient (Wildman–Crippen LogP) is -3.69. The number of nitrogens with zero attached hydrogens (tertiary/aromatic N) is 1. The molecule has 3 atom stereocenters. The third-order valence-corrected chi connectivity index (χ3v) is 9.67. The van der Waals surface area contributed by atoms with Gasteiger partial charge in [-0.2, -0.15) is 0 Å². The third-order valence-electron chi connectivity index (χ3n) is 7.26. The van der Waals surface area contributed by atoms with Crippen molar-refractivity contribution >= 4 is 51.2 Å². The van der Waals surface area contributed by atoms with Gasteiger partial charge in [-0.05, 0) is 38.8 Å². The highest BCUT2D eigenvalue weighted by Gasteiger charge is 2.15. The van der Waals surface area contributed by atoms with Crippen LogP contribution in [0, 0.1) is 0 Å². The van der Waals surface area contributed by atoms with E-state index >= 15 is 0 Å². The number of hydrogen-bond donors (Lipinski definition) is 11. The van der Waals surface area contributed by atoms with Gasteiger partial charge in [0.15, 0.2) is 0 Å². The van der Waals surface area contributed by atoms with Crippen molar-refractivity contribution in [2.24, 2.45) is 22.9 Å². The van der Waals surface area contributed by atoms with Crippen molar-refractivity contribution in [3.8, 4) is 0 Å². The average Bonchev–Trinajstić information content (AvgIpc) is 3.12. The summed E-state index contributed by atoms with van der Waals surface area (Å²) in [5.74, 6) is -0.161. The molecule has 3 unspecified atom stereocenters. The summed E-state index contributed by atoms with van der Waals surface area (Å²) in [5.41, 5.74) is 23.0. The smallest absolute Gasteiger partial charge is 0.306 e. The van der Waals surface area contributed by atoms with Gasteiger partial charge in [-0.1, -0.05) is 34.4 Å². The molecule has 18 nitrogen and oxygen atoms in total. The molecule has 0 saturated carbocycles. The van der Waals surface area contributed by atoms with Gasteiger partial charge in [0.2, 0.25) is 23.6 Å². The van der Waals surface area contributed by atoms with Crippen LogP contribution in [0.4, 0.5) is 0 Å². The number of nitrogens with one attached hydrogen (secondary N) is 5. The molecule has 0 aliphatic carbocycles. The Morgan fingerprint density at radius 1 is 0.686 bits per heavy atom. The van der Waals surface area contributed by atoms with Crippen LogP contribution in [-0.2, 0) is 28.7 Å². The number of unbranched alkanes of at least 4 members (excludes halogenated alkanes) is 2. The summed E-state index contributed by atoms with van der Waals surface area (Å²) in [6.45, 7) is 4.24. The Morgan fingerprint density at radius 2 is 1.20 bits per heavy atom. The van der Waals surface area contributed by atoms with Crippen LogP contribution in [0.2, 0.25) is 0 Å². The molecule has 0 aliphatic rings. The number of carbonyl (C=O) groups excluding carboxylic acids is 5. The van der Waals surface area contributed by atoms with E-state index in [-0.39, 0.29) is 49.6 Å². The molecule has 0 fully saturated rings. The van der Waals surface area contributed by atoms with E-state index in [2.05, 4.69) is 31.5 Å². The van der Waals surface area contributed by atoms with Gasteiger partial charge < -0.3 is 64.5 Å². The second-order valence-electron chi connectivity index (χ2n) is 11.7. The first-order valence-electron chi connectivity index (χ1n) is 17.7. The van der Waals surface area contributed by atoms with Crippen LogP contribution in [0.15, 0.2) is 0 Å². The Labute approximate surface area is 310 Å². The fraction of sp³-hybridized carbons (Fsp3) is 0.839.